The number of carbonyl (C=O) groups is 1. The number of nitrogens with one attached hydrogen (secondary N) is 1. The van der Waals surface area contributed by atoms with Crippen LogP contribution in [0.5, 0.6) is 11.5 Å². The van der Waals surface area contributed by atoms with E-state index in [0.717, 1.165) is 12.3 Å². The molecule has 0 aliphatic carbocycles. The highest BCUT2D eigenvalue weighted by Gasteiger charge is 2.33. The number of rotatable bonds is 8. The molecule has 0 radical (unpaired) electrons. The highest BCUT2D eigenvalue weighted by Crippen LogP contribution is 2.36. The van der Waals surface area contributed by atoms with Crippen LogP contribution in [0.2, 0.25) is 5.02 Å². The van der Waals surface area contributed by atoms with Gasteiger partial charge in [0.25, 0.3) is 5.91 Å². The molecule has 2 rings (SSSR count). The fourth-order valence-electron chi connectivity index (χ4n) is 2.61. The Kier molecular flexibility index (Phi) is 7.97. The number of anilines is 1. The van der Waals surface area contributed by atoms with Gasteiger partial charge in [0.2, 0.25) is 10.0 Å². The number of benzene rings is 2. The molecule has 0 saturated heterocycles. The summed E-state index contributed by atoms with van der Waals surface area (Å²) in [7, 11) is -1.31. The van der Waals surface area contributed by atoms with Crippen molar-refractivity contribution in [2.45, 2.75) is 6.18 Å². The Morgan fingerprint density at radius 2 is 1.91 bits per heavy atom. The van der Waals surface area contributed by atoms with E-state index in [-0.39, 0.29) is 5.02 Å². The number of para-hydroxylation sites is 1. The van der Waals surface area contributed by atoms with Crippen LogP contribution in [-0.2, 0) is 21.0 Å². The zero-order chi connectivity index (χ0) is 24.1. The normalized spacial score (nSPS) is 12.0. The molecule has 0 fully saturated rings. The molecule has 13 heteroatoms. The van der Waals surface area contributed by atoms with Crippen molar-refractivity contribution in [2.75, 3.05) is 31.3 Å². The van der Waals surface area contributed by atoms with Gasteiger partial charge in [0.15, 0.2) is 11.5 Å². The smallest absolute Gasteiger partial charge is 0.416 e. The molecule has 0 heterocycles. The second-order valence-corrected chi connectivity index (χ2v) is 8.62. The van der Waals surface area contributed by atoms with E-state index in [1.54, 1.807) is 18.2 Å². The van der Waals surface area contributed by atoms with Crippen LogP contribution in [0.15, 0.2) is 41.5 Å². The predicted molar refractivity (Wildman–Crippen MR) is 114 cm³/mol. The van der Waals surface area contributed by atoms with Gasteiger partial charge in [-0.15, -0.1) is 0 Å². The summed E-state index contributed by atoms with van der Waals surface area (Å²) in [5.41, 5.74) is 0.966. The Hall–Kier alpha value is -2.99. The average Bonchev–Trinajstić information content (AvgIpc) is 2.70. The number of amides is 1. The molecule has 0 atom stereocenters. The first-order chi connectivity index (χ1) is 14.9. The van der Waals surface area contributed by atoms with E-state index in [9.17, 15) is 26.4 Å². The highest BCUT2D eigenvalue weighted by atomic mass is 35.5. The Balaban J connectivity index is 2.26. The molecule has 1 amide bonds. The minimum absolute atomic E-state index is 0.277. The zero-order valence-corrected chi connectivity index (χ0v) is 18.7. The van der Waals surface area contributed by atoms with E-state index in [1.807, 2.05) is 0 Å². The first-order valence-electron chi connectivity index (χ1n) is 8.75. The number of hydrazone groups is 1. The largest absolute Gasteiger partial charge is 0.493 e. The van der Waals surface area contributed by atoms with Crippen molar-refractivity contribution in [1.29, 1.82) is 0 Å². The van der Waals surface area contributed by atoms with Gasteiger partial charge in [0.05, 0.1) is 43.0 Å². The van der Waals surface area contributed by atoms with Gasteiger partial charge in [0, 0.05) is 5.56 Å². The second-order valence-electron chi connectivity index (χ2n) is 6.31. The van der Waals surface area contributed by atoms with Gasteiger partial charge in [0.1, 0.15) is 6.54 Å². The molecule has 8 nitrogen and oxygen atoms in total. The van der Waals surface area contributed by atoms with Crippen molar-refractivity contribution >= 4 is 39.4 Å². The Bertz CT molecular complexity index is 1120. The Morgan fingerprint density at radius 1 is 1.22 bits per heavy atom. The highest BCUT2D eigenvalue weighted by molar-refractivity contribution is 7.92. The minimum atomic E-state index is -4.73. The summed E-state index contributed by atoms with van der Waals surface area (Å²) in [6.45, 7) is -0.855. The summed E-state index contributed by atoms with van der Waals surface area (Å²) < 4.78 is 74.3. The quantitative estimate of drug-likeness (QED) is 0.449. The molecule has 0 aliphatic rings. The van der Waals surface area contributed by atoms with Gasteiger partial charge in [-0.1, -0.05) is 17.7 Å². The topological polar surface area (TPSA) is 97.3 Å². The van der Waals surface area contributed by atoms with E-state index in [4.69, 9.17) is 21.1 Å². The molecule has 0 aliphatic heterocycles. The van der Waals surface area contributed by atoms with Gasteiger partial charge in [-0.25, -0.2) is 13.8 Å². The summed E-state index contributed by atoms with van der Waals surface area (Å²) in [6, 6.07) is 7.10. The molecule has 32 heavy (non-hydrogen) atoms. The van der Waals surface area contributed by atoms with Gasteiger partial charge in [-0.2, -0.15) is 18.3 Å². The Labute approximate surface area is 187 Å². The van der Waals surface area contributed by atoms with Crippen LogP contribution in [0.25, 0.3) is 0 Å². The van der Waals surface area contributed by atoms with Crippen molar-refractivity contribution in [2.24, 2.45) is 5.10 Å². The molecule has 0 aromatic heterocycles. The molecule has 0 bridgehead atoms. The number of carbonyl (C=O) groups excluding carboxylic acids is 1. The third kappa shape index (κ3) is 6.26. The van der Waals surface area contributed by atoms with E-state index < -0.39 is 39.9 Å². The van der Waals surface area contributed by atoms with Crippen molar-refractivity contribution in [3.05, 3.63) is 52.5 Å². The number of alkyl halides is 3. The molecular formula is C19H19ClF3N3O5S. The maximum Gasteiger partial charge on any atom is 0.416 e. The van der Waals surface area contributed by atoms with Gasteiger partial charge in [-0.3, -0.25) is 9.10 Å². The first kappa shape index (κ1) is 25.3. The third-order valence-corrected chi connectivity index (χ3v) is 5.50. The average molecular weight is 494 g/mol. The fourth-order valence-corrected chi connectivity index (χ4v) is 3.74. The van der Waals surface area contributed by atoms with Crippen molar-refractivity contribution in [3.8, 4) is 11.5 Å². The summed E-state index contributed by atoms with van der Waals surface area (Å²) in [4.78, 5) is 12.3. The lowest BCUT2D eigenvalue weighted by molar-refractivity contribution is -0.137. The van der Waals surface area contributed by atoms with E-state index in [2.05, 4.69) is 10.5 Å². The lowest BCUT2D eigenvalue weighted by atomic mass is 10.2. The number of halogens is 4. The monoisotopic (exact) mass is 493 g/mol. The lowest BCUT2D eigenvalue weighted by Gasteiger charge is -2.23. The number of methoxy groups -OCH3 is 2. The number of hydrogen-bond acceptors (Lipinski definition) is 6. The molecule has 2 aromatic carbocycles. The van der Waals surface area contributed by atoms with Gasteiger partial charge in [-0.05, 0) is 30.3 Å². The maximum absolute atomic E-state index is 13.0. The third-order valence-electron chi connectivity index (χ3n) is 4.06. The minimum Gasteiger partial charge on any atom is -0.493 e. The second kappa shape index (κ2) is 10.1. The molecule has 0 saturated carbocycles. The summed E-state index contributed by atoms with van der Waals surface area (Å²) in [6.07, 6.45) is -2.76. The molecule has 0 unspecified atom stereocenters. The standard InChI is InChI=1S/C19H19ClF3N3O5S/c1-30-16-6-4-5-12(18(16)31-2)10-24-25-17(27)11-26(32(3,28)29)15-9-13(19(21,22)23)7-8-14(15)20/h4-10H,11H2,1-3H3,(H,25,27)/b24-10+. The van der Waals surface area contributed by atoms with Crippen LogP contribution < -0.4 is 19.2 Å². The summed E-state index contributed by atoms with van der Waals surface area (Å²) in [5, 5.41) is 3.46. The van der Waals surface area contributed by atoms with E-state index in [1.165, 1.54) is 20.4 Å². The predicted octanol–water partition coefficient (Wildman–Crippen LogP) is 3.29. The van der Waals surface area contributed by atoms with Crippen molar-refractivity contribution < 1.29 is 35.9 Å². The van der Waals surface area contributed by atoms with Crippen LogP contribution in [-0.4, -0.2) is 47.6 Å². The summed E-state index contributed by atoms with van der Waals surface area (Å²) in [5.74, 6) is -0.145. The number of ether oxygens (including phenoxy) is 2. The number of hydrogen-bond donors (Lipinski definition) is 1. The zero-order valence-electron chi connectivity index (χ0n) is 17.1. The summed E-state index contributed by atoms with van der Waals surface area (Å²) >= 11 is 5.92. The van der Waals surface area contributed by atoms with Gasteiger partial charge >= 0.3 is 6.18 Å². The van der Waals surface area contributed by atoms with Crippen molar-refractivity contribution in [1.82, 2.24) is 5.43 Å². The SMILES string of the molecule is COc1cccc(/C=N/NC(=O)CN(c2cc(C(F)(F)F)ccc2Cl)S(C)(=O)=O)c1OC. The first-order valence-corrected chi connectivity index (χ1v) is 11.0. The Morgan fingerprint density at radius 3 is 2.47 bits per heavy atom. The molecule has 0 spiro atoms. The molecular weight excluding hydrogens is 475 g/mol. The van der Waals surface area contributed by atoms with E-state index in [0.29, 0.717) is 33.5 Å². The van der Waals surface area contributed by atoms with Gasteiger partial charge < -0.3 is 9.47 Å². The lowest BCUT2D eigenvalue weighted by Crippen LogP contribution is -2.39. The van der Waals surface area contributed by atoms with Crippen LogP contribution >= 0.6 is 11.6 Å². The van der Waals surface area contributed by atoms with Crippen LogP contribution in [0, 0.1) is 0 Å². The maximum atomic E-state index is 13.0. The van der Waals surface area contributed by atoms with Crippen molar-refractivity contribution in [3.63, 3.8) is 0 Å². The molecule has 174 valence electrons. The number of sulfonamides is 1. The van der Waals surface area contributed by atoms with Crippen LogP contribution in [0.1, 0.15) is 11.1 Å². The number of nitrogens with zero attached hydrogens (tertiary/aromatic N) is 2. The molecule has 2 aromatic rings. The van der Waals surface area contributed by atoms with Crippen LogP contribution in [0.4, 0.5) is 18.9 Å². The van der Waals surface area contributed by atoms with Crippen LogP contribution in [0.3, 0.4) is 0 Å². The fraction of sp³-hybridized carbons (Fsp3) is 0.263. The van der Waals surface area contributed by atoms with E-state index >= 15 is 0 Å². The molecule has 1 N–H and O–H groups in total.